The minimum atomic E-state index is -0.224. The molecule has 4 heteroatoms. The zero-order chi connectivity index (χ0) is 15.7. The Kier molecular flexibility index (Phi) is 4.88. The number of benzene rings is 1. The van der Waals surface area contributed by atoms with E-state index in [9.17, 15) is 4.79 Å². The van der Waals surface area contributed by atoms with Crippen molar-refractivity contribution in [1.29, 1.82) is 0 Å². The fourth-order valence-electron chi connectivity index (χ4n) is 3.22. The molecular formula is C18H24BrNO2. The van der Waals surface area contributed by atoms with E-state index < -0.39 is 0 Å². The van der Waals surface area contributed by atoms with Crippen LogP contribution in [0.15, 0.2) is 18.2 Å². The van der Waals surface area contributed by atoms with Gasteiger partial charge < -0.3 is 9.64 Å². The summed E-state index contributed by atoms with van der Waals surface area (Å²) in [5.74, 6) is 0.760. The van der Waals surface area contributed by atoms with Crippen LogP contribution in [0.3, 0.4) is 0 Å². The molecule has 0 bridgehead atoms. The number of hydrogen-bond donors (Lipinski definition) is 0. The number of alkyl halides is 1. The van der Waals surface area contributed by atoms with Gasteiger partial charge in [-0.2, -0.15) is 0 Å². The first-order valence-corrected chi connectivity index (χ1v) is 9.16. The Morgan fingerprint density at radius 3 is 2.95 bits per heavy atom. The lowest BCUT2D eigenvalue weighted by molar-refractivity contribution is -0.127. The van der Waals surface area contributed by atoms with E-state index in [0.29, 0.717) is 10.7 Å². The Hall–Kier alpha value is -0.870. The first-order valence-electron chi connectivity index (χ1n) is 8.25. The summed E-state index contributed by atoms with van der Waals surface area (Å²) >= 11 is 3.76. The third-order valence-electron chi connectivity index (χ3n) is 4.66. The fraction of sp³-hybridized carbons (Fsp3) is 0.611. The summed E-state index contributed by atoms with van der Waals surface area (Å²) in [6, 6.07) is 6.55. The number of hydrogen-bond acceptors (Lipinski definition) is 2. The lowest BCUT2D eigenvalue weighted by atomic mass is 10.00. The van der Waals surface area contributed by atoms with E-state index in [2.05, 4.69) is 48.0 Å². The van der Waals surface area contributed by atoms with Crippen LogP contribution in [0.5, 0.6) is 0 Å². The molecule has 1 fully saturated rings. The van der Waals surface area contributed by atoms with Crippen LogP contribution in [-0.2, 0) is 22.4 Å². The van der Waals surface area contributed by atoms with Crippen LogP contribution >= 0.6 is 15.9 Å². The van der Waals surface area contributed by atoms with Crippen molar-refractivity contribution in [2.75, 3.05) is 18.1 Å². The highest BCUT2D eigenvalue weighted by molar-refractivity contribution is 9.09. The molecule has 120 valence electrons. The Morgan fingerprint density at radius 1 is 1.45 bits per heavy atom. The third-order valence-corrected chi connectivity index (χ3v) is 6.05. The van der Waals surface area contributed by atoms with E-state index in [0.717, 1.165) is 44.5 Å². The van der Waals surface area contributed by atoms with Crippen LogP contribution in [0.4, 0.5) is 5.69 Å². The SMILES string of the molecule is CC(C)C(Br)Cc1ccc2c(c1)CCN2C(=O)C1CCCO1. The van der Waals surface area contributed by atoms with Gasteiger partial charge in [0.15, 0.2) is 0 Å². The van der Waals surface area contributed by atoms with Crippen molar-refractivity contribution in [3.05, 3.63) is 29.3 Å². The topological polar surface area (TPSA) is 29.5 Å². The zero-order valence-corrected chi connectivity index (χ0v) is 14.9. The molecule has 0 saturated carbocycles. The Labute approximate surface area is 141 Å². The van der Waals surface area contributed by atoms with Crippen LogP contribution < -0.4 is 4.90 Å². The van der Waals surface area contributed by atoms with Crippen molar-refractivity contribution in [1.82, 2.24) is 0 Å². The quantitative estimate of drug-likeness (QED) is 0.761. The molecule has 0 N–H and O–H groups in total. The van der Waals surface area contributed by atoms with Crippen molar-refractivity contribution in [3.8, 4) is 0 Å². The summed E-state index contributed by atoms with van der Waals surface area (Å²) in [5, 5.41) is 0. The van der Waals surface area contributed by atoms with Crippen LogP contribution in [0.1, 0.15) is 37.8 Å². The Morgan fingerprint density at radius 2 is 2.27 bits per heavy atom. The molecule has 2 atom stereocenters. The standard InChI is InChI=1S/C18H24BrNO2/c1-12(2)15(19)11-13-5-6-16-14(10-13)7-8-20(16)18(21)17-4-3-9-22-17/h5-6,10,12,15,17H,3-4,7-9,11H2,1-2H3. The fourth-order valence-corrected chi connectivity index (χ4v) is 3.59. The second-order valence-electron chi connectivity index (χ2n) is 6.67. The van der Waals surface area contributed by atoms with Crippen LogP contribution in [0, 0.1) is 5.92 Å². The monoisotopic (exact) mass is 365 g/mol. The maximum absolute atomic E-state index is 12.6. The van der Waals surface area contributed by atoms with Gasteiger partial charge >= 0.3 is 0 Å². The molecule has 1 amide bonds. The highest BCUT2D eigenvalue weighted by atomic mass is 79.9. The van der Waals surface area contributed by atoms with Crippen LogP contribution in [0.2, 0.25) is 0 Å². The third kappa shape index (κ3) is 3.23. The molecule has 22 heavy (non-hydrogen) atoms. The van der Waals surface area contributed by atoms with Gasteiger partial charge in [0.2, 0.25) is 0 Å². The van der Waals surface area contributed by atoms with Gasteiger partial charge in [-0.25, -0.2) is 0 Å². The average Bonchev–Trinajstić information content (AvgIpc) is 3.15. The van der Waals surface area contributed by atoms with E-state index >= 15 is 0 Å². The number of anilines is 1. The number of carbonyl (C=O) groups is 1. The molecule has 0 radical (unpaired) electrons. The molecule has 0 spiro atoms. The molecule has 1 aromatic rings. The smallest absolute Gasteiger partial charge is 0.256 e. The van der Waals surface area contributed by atoms with E-state index in [1.165, 1.54) is 11.1 Å². The Bertz CT molecular complexity index is 552. The molecule has 3 nitrogen and oxygen atoms in total. The van der Waals surface area contributed by atoms with Crippen molar-refractivity contribution < 1.29 is 9.53 Å². The summed E-state index contributed by atoms with van der Waals surface area (Å²) in [5.41, 5.74) is 3.73. The second-order valence-corrected chi connectivity index (χ2v) is 7.84. The molecule has 0 aromatic heterocycles. The average molecular weight is 366 g/mol. The van der Waals surface area contributed by atoms with Crippen molar-refractivity contribution >= 4 is 27.5 Å². The normalized spacial score (nSPS) is 22.2. The van der Waals surface area contributed by atoms with Crippen molar-refractivity contribution in [2.45, 2.75) is 50.5 Å². The van der Waals surface area contributed by atoms with E-state index in [1.54, 1.807) is 0 Å². The van der Waals surface area contributed by atoms with E-state index in [1.807, 2.05) is 4.90 Å². The highest BCUT2D eigenvalue weighted by Gasteiger charge is 2.32. The van der Waals surface area contributed by atoms with Gasteiger partial charge in [0, 0.05) is 23.7 Å². The van der Waals surface area contributed by atoms with E-state index in [-0.39, 0.29) is 12.0 Å². The minimum absolute atomic E-state index is 0.143. The number of fused-ring (bicyclic) bond motifs is 1. The number of amides is 1. The van der Waals surface area contributed by atoms with Gasteiger partial charge in [-0.05, 0) is 48.8 Å². The largest absolute Gasteiger partial charge is 0.368 e. The molecule has 2 unspecified atom stereocenters. The van der Waals surface area contributed by atoms with E-state index in [4.69, 9.17) is 4.74 Å². The highest BCUT2D eigenvalue weighted by Crippen LogP contribution is 2.32. The van der Waals surface area contributed by atoms with Crippen LogP contribution in [0.25, 0.3) is 0 Å². The van der Waals surface area contributed by atoms with Crippen molar-refractivity contribution in [2.24, 2.45) is 5.92 Å². The number of carbonyl (C=O) groups excluding carboxylic acids is 1. The summed E-state index contributed by atoms with van der Waals surface area (Å²) in [7, 11) is 0. The second kappa shape index (κ2) is 6.71. The van der Waals surface area contributed by atoms with Gasteiger partial charge in [-0.1, -0.05) is 41.9 Å². The minimum Gasteiger partial charge on any atom is -0.368 e. The molecule has 2 aliphatic heterocycles. The lowest BCUT2D eigenvalue weighted by Gasteiger charge is -2.21. The summed E-state index contributed by atoms with van der Waals surface area (Å²) < 4.78 is 5.55. The van der Waals surface area contributed by atoms with Crippen molar-refractivity contribution in [3.63, 3.8) is 0 Å². The molecule has 2 aliphatic rings. The summed E-state index contributed by atoms with van der Waals surface area (Å²) in [6.45, 7) is 5.97. The number of halogens is 1. The lowest BCUT2D eigenvalue weighted by Crippen LogP contribution is -2.37. The molecule has 3 rings (SSSR count). The first-order chi connectivity index (χ1) is 10.6. The van der Waals surface area contributed by atoms with Gasteiger partial charge in [0.25, 0.3) is 5.91 Å². The zero-order valence-electron chi connectivity index (χ0n) is 13.3. The number of rotatable bonds is 4. The molecule has 0 aliphatic carbocycles. The van der Waals surface area contributed by atoms with Crippen LogP contribution in [-0.4, -0.2) is 30.0 Å². The first kappa shape index (κ1) is 16.0. The summed E-state index contributed by atoms with van der Waals surface area (Å²) in [6.07, 6.45) is 3.62. The Balaban J connectivity index is 1.73. The predicted molar refractivity (Wildman–Crippen MR) is 92.7 cm³/mol. The molecule has 1 aromatic carbocycles. The van der Waals surface area contributed by atoms with Gasteiger partial charge in [0.05, 0.1) is 0 Å². The maximum atomic E-state index is 12.6. The molecule has 2 heterocycles. The number of ether oxygens (including phenoxy) is 1. The maximum Gasteiger partial charge on any atom is 0.256 e. The predicted octanol–water partition coefficient (Wildman–Crippen LogP) is 3.72. The van der Waals surface area contributed by atoms with Gasteiger partial charge in [0.1, 0.15) is 6.10 Å². The van der Waals surface area contributed by atoms with Gasteiger partial charge in [-0.15, -0.1) is 0 Å². The molecular weight excluding hydrogens is 342 g/mol. The van der Waals surface area contributed by atoms with Gasteiger partial charge in [-0.3, -0.25) is 4.79 Å². The molecule has 1 saturated heterocycles. The number of nitrogens with zero attached hydrogens (tertiary/aromatic N) is 1. The summed E-state index contributed by atoms with van der Waals surface area (Å²) in [4.78, 5) is 15.0.